The lowest BCUT2D eigenvalue weighted by Crippen LogP contribution is -2.38. The number of benzene rings is 3. The lowest BCUT2D eigenvalue weighted by molar-refractivity contribution is -0.115. The number of nitrogens with one attached hydrogen (secondary N) is 2. The van der Waals surface area contributed by atoms with E-state index in [0.29, 0.717) is 11.4 Å². The third-order valence-corrected chi connectivity index (χ3v) is 6.58. The summed E-state index contributed by atoms with van der Waals surface area (Å²) < 4.78 is 27.8. The molecule has 7 nitrogen and oxygen atoms in total. The monoisotopic (exact) mass is 471 g/mol. The maximum absolute atomic E-state index is 13.4. The van der Waals surface area contributed by atoms with Crippen molar-refractivity contribution >= 4 is 50.5 Å². The maximum Gasteiger partial charge on any atom is 0.264 e. The largest absolute Gasteiger partial charge is 0.326 e. The fourth-order valence-electron chi connectivity index (χ4n) is 3.00. The van der Waals surface area contributed by atoms with Crippen LogP contribution in [0.3, 0.4) is 0 Å². The van der Waals surface area contributed by atoms with Gasteiger partial charge in [-0.2, -0.15) is 0 Å². The molecule has 0 aliphatic heterocycles. The van der Waals surface area contributed by atoms with Crippen molar-refractivity contribution in [1.82, 2.24) is 0 Å². The first-order valence-corrected chi connectivity index (χ1v) is 11.5. The second-order valence-electron chi connectivity index (χ2n) is 7.09. The lowest BCUT2D eigenvalue weighted by atomic mass is 10.2. The van der Waals surface area contributed by atoms with E-state index in [1.54, 1.807) is 60.7 Å². The van der Waals surface area contributed by atoms with Gasteiger partial charge in [-0.15, -0.1) is 0 Å². The number of para-hydroxylation sites is 1. The van der Waals surface area contributed by atoms with Gasteiger partial charge >= 0.3 is 0 Å². The molecule has 3 aromatic rings. The Morgan fingerprint density at radius 1 is 0.906 bits per heavy atom. The van der Waals surface area contributed by atoms with Crippen LogP contribution in [0.2, 0.25) is 5.02 Å². The summed E-state index contributed by atoms with van der Waals surface area (Å²) in [6, 6.07) is 19.3. The fraction of sp³-hybridized carbons (Fsp3) is 0.130. The van der Waals surface area contributed by atoms with Crippen molar-refractivity contribution in [3.63, 3.8) is 0 Å². The van der Waals surface area contributed by atoms with Crippen molar-refractivity contribution in [2.45, 2.75) is 18.7 Å². The first-order chi connectivity index (χ1) is 15.2. The van der Waals surface area contributed by atoms with E-state index in [9.17, 15) is 18.0 Å². The minimum Gasteiger partial charge on any atom is -0.326 e. The summed E-state index contributed by atoms with van der Waals surface area (Å²) in [6.07, 6.45) is 0. The number of hydrogen-bond acceptors (Lipinski definition) is 4. The number of anilines is 3. The van der Waals surface area contributed by atoms with Crippen LogP contribution in [0.1, 0.15) is 12.5 Å². The molecule has 32 heavy (non-hydrogen) atoms. The number of hydrogen-bond donors (Lipinski definition) is 2. The number of rotatable bonds is 7. The Balaban J connectivity index is 1.91. The molecule has 3 rings (SSSR count). The van der Waals surface area contributed by atoms with Crippen molar-refractivity contribution in [3.05, 3.63) is 83.4 Å². The Labute approximate surface area is 192 Å². The molecule has 0 aromatic heterocycles. The minimum absolute atomic E-state index is 0.0449. The van der Waals surface area contributed by atoms with Crippen LogP contribution < -0.4 is 14.9 Å². The number of sulfonamides is 1. The molecular weight excluding hydrogens is 450 g/mol. The quantitative estimate of drug-likeness (QED) is 0.532. The molecular formula is C23H22ClN3O4S. The van der Waals surface area contributed by atoms with Crippen molar-refractivity contribution in [1.29, 1.82) is 0 Å². The molecule has 9 heteroatoms. The van der Waals surface area contributed by atoms with Gasteiger partial charge in [-0.3, -0.25) is 13.9 Å². The third-order valence-electron chi connectivity index (χ3n) is 4.48. The lowest BCUT2D eigenvalue weighted by Gasteiger charge is -2.25. The molecule has 0 fully saturated rings. The maximum atomic E-state index is 13.4. The van der Waals surface area contributed by atoms with E-state index >= 15 is 0 Å². The van der Waals surface area contributed by atoms with Crippen LogP contribution in [-0.4, -0.2) is 26.8 Å². The SMILES string of the molecule is CC(=O)Nc1cccc(NC(=O)CN(c2ccccc2Cl)S(=O)(=O)c2ccc(C)cc2)c1. The summed E-state index contributed by atoms with van der Waals surface area (Å²) >= 11 is 6.27. The van der Waals surface area contributed by atoms with Crippen LogP contribution in [0, 0.1) is 6.92 Å². The van der Waals surface area contributed by atoms with Crippen LogP contribution in [0.15, 0.2) is 77.7 Å². The van der Waals surface area contributed by atoms with E-state index in [4.69, 9.17) is 11.6 Å². The molecule has 0 saturated heterocycles. The summed E-state index contributed by atoms with van der Waals surface area (Å²) in [5.41, 5.74) is 2.01. The fourth-order valence-corrected chi connectivity index (χ4v) is 4.73. The number of carbonyl (C=O) groups excluding carboxylic acids is 2. The predicted molar refractivity (Wildman–Crippen MR) is 127 cm³/mol. The number of amides is 2. The van der Waals surface area contributed by atoms with Gasteiger partial charge in [0.05, 0.1) is 15.6 Å². The molecule has 0 aliphatic carbocycles. The van der Waals surface area contributed by atoms with E-state index < -0.39 is 22.5 Å². The van der Waals surface area contributed by atoms with E-state index in [1.165, 1.54) is 19.1 Å². The average Bonchev–Trinajstić information content (AvgIpc) is 2.73. The second-order valence-corrected chi connectivity index (χ2v) is 9.36. The van der Waals surface area contributed by atoms with Crippen molar-refractivity contribution in [2.75, 3.05) is 21.5 Å². The summed E-state index contributed by atoms with van der Waals surface area (Å²) in [4.78, 5) is 24.1. The zero-order valence-electron chi connectivity index (χ0n) is 17.5. The van der Waals surface area contributed by atoms with E-state index in [-0.39, 0.29) is 21.5 Å². The summed E-state index contributed by atoms with van der Waals surface area (Å²) in [7, 11) is -4.07. The summed E-state index contributed by atoms with van der Waals surface area (Å²) in [5, 5.41) is 5.50. The topological polar surface area (TPSA) is 95.6 Å². The third kappa shape index (κ3) is 5.66. The van der Waals surface area contributed by atoms with Crippen LogP contribution in [0.5, 0.6) is 0 Å². The Bertz CT molecular complexity index is 1240. The molecule has 0 bridgehead atoms. The van der Waals surface area contributed by atoms with Gasteiger partial charge < -0.3 is 10.6 Å². The van der Waals surface area contributed by atoms with E-state index in [1.807, 2.05) is 6.92 Å². The average molecular weight is 472 g/mol. The number of aryl methyl sites for hydroxylation is 1. The molecule has 2 N–H and O–H groups in total. The Morgan fingerprint density at radius 2 is 1.53 bits per heavy atom. The molecule has 0 unspecified atom stereocenters. The van der Waals surface area contributed by atoms with Gasteiger partial charge in [-0.1, -0.05) is 47.5 Å². The normalized spacial score (nSPS) is 11.0. The second kappa shape index (κ2) is 9.84. The molecule has 0 atom stereocenters. The zero-order chi connectivity index (χ0) is 23.3. The minimum atomic E-state index is -4.07. The highest BCUT2D eigenvalue weighted by Crippen LogP contribution is 2.30. The van der Waals surface area contributed by atoms with Crippen LogP contribution >= 0.6 is 11.6 Å². The van der Waals surface area contributed by atoms with Crippen molar-refractivity contribution in [2.24, 2.45) is 0 Å². The van der Waals surface area contributed by atoms with E-state index in [0.717, 1.165) is 9.87 Å². The number of nitrogens with zero attached hydrogens (tertiary/aromatic N) is 1. The molecule has 3 aromatic carbocycles. The van der Waals surface area contributed by atoms with Gasteiger partial charge in [0.1, 0.15) is 6.54 Å². The Morgan fingerprint density at radius 3 is 2.16 bits per heavy atom. The van der Waals surface area contributed by atoms with E-state index in [2.05, 4.69) is 10.6 Å². The highest BCUT2D eigenvalue weighted by atomic mass is 35.5. The molecule has 166 valence electrons. The Kier molecular flexibility index (Phi) is 7.17. The molecule has 0 aliphatic rings. The van der Waals surface area contributed by atoms with Crippen LogP contribution in [-0.2, 0) is 19.6 Å². The Hall–Kier alpha value is -3.36. The first-order valence-electron chi connectivity index (χ1n) is 9.68. The summed E-state index contributed by atoms with van der Waals surface area (Å²) in [6.45, 7) is 2.73. The van der Waals surface area contributed by atoms with Gasteiger partial charge in [0.25, 0.3) is 10.0 Å². The standard InChI is InChI=1S/C23H22ClN3O4S/c1-16-10-12-20(13-11-16)32(30,31)27(22-9-4-3-8-21(22)24)15-23(29)26-19-7-5-6-18(14-19)25-17(2)28/h3-14H,15H2,1-2H3,(H,25,28)(H,26,29). The zero-order valence-corrected chi connectivity index (χ0v) is 19.1. The highest BCUT2D eigenvalue weighted by Gasteiger charge is 2.28. The summed E-state index contributed by atoms with van der Waals surface area (Å²) in [5.74, 6) is -0.817. The number of halogens is 1. The molecule has 0 radical (unpaired) electrons. The van der Waals surface area contributed by atoms with Crippen molar-refractivity contribution < 1.29 is 18.0 Å². The smallest absolute Gasteiger partial charge is 0.264 e. The molecule has 0 heterocycles. The van der Waals surface area contributed by atoms with Gasteiger partial charge in [-0.25, -0.2) is 8.42 Å². The molecule has 2 amide bonds. The number of carbonyl (C=O) groups is 2. The van der Waals surface area contributed by atoms with Crippen molar-refractivity contribution in [3.8, 4) is 0 Å². The van der Waals surface area contributed by atoms with Gasteiger partial charge in [-0.05, 0) is 49.4 Å². The molecule has 0 spiro atoms. The van der Waals surface area contributed by atoms with Crippen LogP contribution in [0.4, 0.5) is 17.1 Å². The highest BCUT2D eigenvalue weighted by molar-refractivity contribution is 7.92. The van der Waals surface area contributed by atoms with Crippen LogP contribution in [0.25, 0.3) is 0 Å². The predicted octanol–water partition coefficient (Wildman–Crippen LogP) is 4.44. The van der Waals surface area contributed by atoms with Gasteiger partial charge in [0.15, 0.2) is 0 Å². The first kappa shape index (κ1) is 23.3. The molecule has 0 saturated carbocycles. The van der Waals surface area contributed by atoms with Gasteiger partial charge in [0.2, 0.25) is 11.8 Å². The van der Waals surface area contributed by atoms with Gasteiger partial charge in [0, 0.05) is 18.3 Å².